The lowest BCUT2D eigenvalue weighted by molar-refractivity contribution is 0.0386. The number of amidine groups is 1. The van der Waals surface area contributed by atoms with E-state index >= 15 is 0 Å². The van der Waals surface area contributed by atoms with Gasteiger partial charge in [0.05, 0.1) is 0 Å². The number of halogens is 1. The fourth-order valence-corrected chi connectivity index (χ4v) is 1.31. The van der Waals surface area contributed by atoms with Crippen molar-refractivity contribution in [2.24, 2.45) is 5.21 Å². The molecule has 0 bridgehead atoms. The van der Waals surface area contributed by atoms with E-state index in [1.807, 2.05) is 0 Å². The number of carbonyl (C=O) groups is 1. The minimum atomic E-state index is -0.641. The number of hydrogen-bond acceptors (Lipinski definition) is 4. The minimum absolute atomic E-state index is 0.0471. The van der Waals surface area contributed by atoms with Crippen molar-refractivity contribution in [2.45, 2.75) is 26.4 Å². The molecule has 1 amide bonds. The van der Waals surface area contributed by atoms with Crippen LogP contribution in [0, 0.1) is 0 Å². The van der Waals surface area contributed by atoms with Gasteiger partial charge < -0.3 is 4.74 Å². The fraction of sp³-hybridized carbons (Fsp3) is 0.600. The number of ether oxygens (including phenoxy) is 1. The van der Waals surface area contributed by atoms with Gasteiger partial charge in [-0.05, 0) is 27.0 Å². The summed E-state index contributed by atoms with van der Waals surface area (Å²) < 4.78 is 17.4. The normalized spacial score (nSPS) is 12.2. The number of hydrogen-bond donors (Lipinski definition) is 0. The monoisotopic (exact) mass is 248 g/mol. The zero-order chi connectivity index (χ0) is 12.8. The third-order valence-electron chi connectivity index (χ3n) is 1.41. The average molecular weight is 248 g/mol. The summed E-state index contributed by atoms with van der Waals surface area (Å²) >= 11 is 1.02. The SMILES string of the molecule is C=CCN(C(=O)OC(C)(C)C)/C(=N/F)SC. The molecule has 4 nitrogen and oxygen atoms in total. The molecule has 0 spiro atoms. The van der Waals surface area contributed by atoms with Crippen molar-refractivity contribution in [1.82, 2.24) is 4.90 Å². The van der Waals surface area contributed by atoms with Crippen LogP contribution in [0.25, 0.3) is 0 Å². The standard InChI is InChI=1S/C10H17FN2O2S/c1-6-7-13(8(12-11)16-5)9(14)15-10(2,3)4/h6H,1,7H2,2-5H3/b12-8-. The summed E-state index contributed by atoms with van der Waals surface area (Å²) in [6, 6.07) is 0. The van der Waals surface area contributed by atoms with Crippen LogP contribution in [0.2, 0.25) is 0 Å². The van der Waals surface area contributed by atoms with Gasteiger partial charge in [-0.15, -0.1) is 6.58 Å². The summed E-state index contributed by atoms with van der Waals surface area (Å²) in [6.45, 7) is 8.86. The lowest BCUT2D eigenvalue weighted by Gasteiger charge is -2.25. The second-order valence-corrected chi connectivity index (χ2v) is 4.72. The number of thioether (sulfide) groups is 1. The van der Waals surface area contributed by atoms with E-state index in [1.54, 1.807) is 27.0 Å². The van der Waals surface area contributed by atoms with E-state index in [2.05, 4.69) is 11.8 Å². The minimum Gasteiger partial charge on any atom is -0.443 e. The highest BCUT2D eigenvalue weighted by Gasteiger charge is 2.24. The van der Waals surface area contributed by atoms with Crippen LogP contribution in [0.3, 0.4) is 0 Å². The molecule has 0 aliphatic heterocycles. The predicted octanol–water partition coefficient (Wildman–Crippen LogP) is 3.01. The Morgan fingerprint density at radius 1 is 1.62 bits per heavy atom. The van der Waals surface area contributed by atoms with Crippen molar-refractivity contribution in [3.8, 4) is 0 Å². The maximum Gasteiger partial charge on any atom is 0.416 e. The van der Waals surface area contributed by atoms with Crippen LogP contribution in [0.4, 0.5) is 9.28 Å². The van der Waals surface area contributed by atoms with Crippen molar-refractivity contribution in [1.29, 1.82) is 0 Å². The first kappa shape index (κ1) is 15.0. The average Bonchev–Trinajstić information content (AvgIpc) is 2.15. The second kappa shape index (κ2) is 6.52. The van der Waals surface area contributed by atoms with Crippen LogP contribution < -0.4 is 0 Å². The summed E-state index contributed by atoms with van der Waals surface area (Å²) in [5.74, 6) is 0. The van der Waals surface area contributed by atoms with Crippen LogP contribution >= 0.6 is 11.8 Å². The third-order valence-corrected chi connectivity index (χ3v) is 2.07. The molecule has 0 saturated heterocycles. The van der Waals surface area contributed by atoms with E-state index in [1.165, 1.54) is 6.08 Å². The van der Waals surface area contributed by atoms with E-state index in [-0.39, 0.29) is 11.7 Å². The quantitative estimate of drug-likeness (QED) is 0.428. The Bertz CT molecular complexity index is 287. The smallest absolute Gasteiger partial charge is 0.416 e. The van der Waals surface area contributed by atoms with Gasteiger partial charge in [0.25, 0.3) is 0 Å². The van der Waals surface area contributed by atoms with Crippen molar-refractivity contribution >= 4 is 23.0 Å². The van der Waals surface area contributed by atoms with E-state index in [0.29, 0.717) is 0 Å². The Hall–Kier alpha value is -1.04. The van der Waals surface area contributed by atoms with Crippen LogP contribution in [0.5, 0.6) is 0 Å². The van der Waals surface area contributed by atoms with Gasteiger partial charge in [-0.1, -0.05) is 27.5 Å². The molecule has 0 rings (SSSR count). The lowest BCUT2D eigenvalue weighted by atomic mass is 10.2. The molecule has 0 atom stereocenters. The molecule has 0 fully saturated rings. The van der Waals surface area contributed by atoms with Gasteiger partial charge in [0.15, 0.2) is 0 Å². The van der Waals surface area contributed by atoms with Crippen molar-refractivity contribution < 1.29 is 14.0 Å². The Morgan fingerprint density at radius 3 is 2.50 bits per heavy atom. The van der Waals surface area contributed by atoms with Gasteiger partial charge in [0, 0.05) is 6.54 Å². The van der Waals surface area contributed by atoms with Crippen LogP contribution in [-0.2, 0) is 4.74 Å². The van der Waals surface area contributed by atoms with Gasteiger partial charge in [-0.25, -0.2) is 4.79 Å². The molecule has 0 heterocycles. The first-order chi connectivity index (χ1) is 7.35. The zero-order valence-corrected chi connectivity index (χ0v) is 10.8. The lowest BCUT2D eigenvalue weighted by Crippen LogP contribution is -2.39. The van der Waals surface area contributed by atoms with E-state index in [4.69, 9.17) is 4.74 Å². The molecule has 0 aliphatic carbocycles. The molecule has 6 heteroatoms. The third kappa shape index (κ3) is 5.16. The molecule has 0 saturated carbocycles. The molecule has 0 aromatic rings. The van der Waals surface area contributed by atoms with Gasteiger partial charge in [0.1, 0.15) is 5.60 Å². The van der Waals surface area contributed by atoms with E-state index in [9.17, 15) is 9.28 Å². The molecule has 0 unspecified atom stereocenters. The summed E-state index contributed by atoms with van der Waals surface area (Å²) in [7, 11) is 0. The fourth-order valence-electron chi connectivity index (χ4n) is 0.867. The molecule has 0 aromatic carbocycles. The number of rotatable bonds is 2. The summed E-state index contributed by atoms with van der Waals surface area (Å²) in [6.07, 6.45) is 2.46. The Balaban J connectivity index is 4.78. The van der Waals surface area contributed by atoms with Crippen molar-refractivity contribution in [3.05, 3.63) is 12.7 Å². The van der Waals surface area contributed by atoms with E-state index < -0.39 is 11.7 Å². The molecular weight excluding hydrogens is 231 g/mol. The van der Waals surface area contributed by atoms with Gasteiger partial charge in [-0.3, -0.25) is 4.90 Å². The Kier molecular flexibility index (Phi) is 6.10. The second-order valence-electron chi connectivity index (χ2n) is 3.95. The first-order valence-corrected chi connectivity index (χ1v) is 5.92. The van der Waals surface area contributed by atoms with Crippen LogP contribution in [0.15, 0.2) is 17.9 Å². The highest BCUT2D eigenvalue weighted by atomic mass is 32.2. The molecular formula is C10H17FN2O2S. The summed E-state index contributed by atoms with van der Waals surface area (Å²) in [5.41, 5.74) is -0.629. The summed E-state index contributed by atoms with van der Waals surface area (Å²) in [4.78, 5) is 12.8. The maximum absolute atomic E-state index is 12.3. The molecule has 0 radical (unpaired) electrons. The topological polar surface area (TPSA) is 41.9 Å². The molecule has 0 aromatic heterocycles. The Labute approximate surface area is 99.5 Å². The molecule has 0 N–H and O–H groups in total. The zero-order valence-electron chi connectivity index (χ0n) is 9.99. The largest absolute Gasteiger partial charge is 0.443 e. The maximum atomic E-state index is 12.3. The summed E-state index contributed by atoms with van der Waals surface area (Å²) in [5, 5.41) is 2.49. The first-order valence-electron chi connectivity index (χ1n) is 4.70. The number of amides is 1. The highest BCUT2D eigenvalue weighted by Crippen LogP contribution is 2.13. The van der Waals surface area contributed by atoms with Gasteiger partial charge in [-0.2, -0.15) is 0 Å². The van der Waals surface area contributed by atoms with Crippen molar-refractivity contribution in [3.63, 3.8) is 0 Å². The van der Waals surface area contributed by atoms with Gasteiger partial charge >= 0.3 is 6.09 Å². The van der Waals surface area contributed by atoms with Crippen molar-refractivity contribution in [2.75, 3.05) is 12.8 Å². The van der Waals surface area contributed by atoms with Gasteiger partial charge in [0.2, 0.25) is 5.17 Å². The number of nitrogens with zero attached hydrogens (tertiary/aromatic N) is 2. The van der Waals surface area contributed by atoms with Crippen LogP contribution in [0.1, 0.15) is 20.8 Å². The Morgan fingerprint density at radius 2 is 2.19 bits per heavy atom. The predicted molar refractivity (Wildman–Crippen MR) is 65.2 cm³/mol. The molecule has 0 aliphatic rings. The highest BCUT2D eigenvalue weighted by molar-refractivity contribution is 8.13. The van der Waals surface area contributed by atoms with Crippen LogP contribution in [-0.4, -0.2) is 34.6 Å². The number of carbonyl (C=O) groups excluding carboxylic acids is 1. The van der Waals surface area contributed by atoms with E-state index in [0.717, 1.165) is 16.7 Å². The molecule has 92 valence electrons. The molecule has 16 heavy (non-hydrogen) atoms.